The molecule has 11 nitrogen and oxygen atoms in total. The van der Waals surface area contributed by atoms with E-state index in [1.54, 1.807) is 7.05 Å². The number of carbonyl (C=O) groups is 2. The van der Waals surface area contributed by atoms with Crippen molar-refractivity contribution < 1.29 is 24.0 Å². The molecule has 11 heteroatoms. The van der Waals surface area contributed by atoms with Gasteiger partial charge in [0.15, 0.2) is 0 Å². The van der Waals surface area contributed by atoms with Crippen LogP contribution in [0.25, 0.3) is 0 Å². The Morgan fingerprint density at radius 3 is 2.63 bits per heavy atom. The van der Waals surface area contributed by atoms with E-state index in [2.05, 4.69) is 10.4 Å². The molecule has 0 radical (unpaired) electrons. The molecule has 1 heterocycles. The first-order valence-corrected chi connectivity index (χ1v) is 7.72. The van der Waals surface area contributed by atoms with Crippen molar-refractivity contribution in [1.29, 1.82) is 0 Å². The zero-order valence-electron chi connectivity index (χ0n) is 15.3. The Labute approximate surface area is 154 Å². The molecular weight excluding hydrogens is 358 g/mol. The number of hydrogen-bond acceptors (Lipinski definition) is 7. The van der Waals surface area contributed by atoms with Crippen molar-refractivity contribution in [3.05, 3.63) is 40.1 Å². The number of amides is 2. The van der Waals surface area contributed by atoms with E-state index in [1.807, 2.05) is 0 Å². The topological polar surface area (TPSA) is 129 Å². The van der Waals surface area contributed by atoms with Crippen LogP contribution >= 0.6 is 0 Å². The zero-order chi connectivity index (χ0) is 20.1. The summed E-state index contributed by atoms with van der Waals surface area (Å²) in [5.41, 5.74) is 0.317. The highest BCUT2D eigenvalue weighted by molar-refractivity contribution is 6.00. The Kier molecular flexibility index (Phi) is 5.96. The summed E-state index contributed by atoms with van der Waals surface area (Å²) in [7, 11) is 5.83. The SMILES string of the molecule is COc1cc([N+](=O)[O-])ccc1NC(=O)CN(C)C(=O)c1cn(C)nc1OC. The first-order valence-electron chi connectivity index (χ1n) is 7.72. The fourth-order valence-corrected chi connectivity index (χ4v) is 2.34. The standard InChI is InChI=1S/C16H19N5O6/c1-19(16(23)11-8-20(2)18-15(11)27-4)9-14(22)17-12-6-5-10(21(24)25)7-13(12)26-3/h5-8H,9H2,1-4H3,(H,17,22). The van der Waals surface area contributed by atoms with Crippen molar-refractivity contribution in [3.8, 4) is 11.6 Å². The number of benzene rings is 1. The van der Waals surface area contributed by atoms with E-state index in [9.17, 15) is 19.7 Å². The highest BCUT2D eigenvalue weighted by Gasteiger charge is 2.22. The second-order valence-corrected chi connectivity index (χ2v) is 5.58. The Balaban J connectivity index is 2.08. The van der Waals surface area contributed by atoms with Gasteiger partial charge >= 0.3 is 0 Å². The Morgan fingerprint density at radius 1 is 1.33 bits per heavy atom. The molecule has 144 valence electrons. The highest BCUT2D eigenvalue weighted by atomic mass is 16.6. The maximum Gasteiger partial charge on any atom is 0.273 e. The number of hydrogen-bond donors (Lipinski definition) is 1. The fourth-order valence-electron chi connectivity index (χ4n) is 2.34. The van der Waals surface area contributed by atoms with Crippen LogP contribution in [0.15, 0.2) is 24.4 Å². The predicted molar refractivity (Wildman–Crippen MR) is 95.0 cm³/mol. The van der Waals surface area contributed by atoms with Crippen molar-refractivity contribution in [2.45, 2.75) is 0 Å². The lowest BCUT2D eigenvalue weighted by Gasteiger charge is -2.17. The quantitative estimate of drug-likeness (QED) is 0.564. The number of anilines is 1. The van der Waals surface area contributed by atoms with Gasteiger partial charge in [-0.25, -0.2) is 0 Å². The van der Waals surface area contributed by atoms with Crippen LogP contribution in [0.5, 0.6) is 11.6 Å². The average molecular weight is 377 g/mol. The number of ether oxygens (including phenoxy) is 2. The van der Waals surface area contributed by atoms with Crippen LogP contribution in [0.1, 0.15) is 10.4 Å². The number of likely N-dealkylation sites (N-methyl/N-ethyl adjacent to an activating group) is 1. The average Bonchev–Trinajstić information content (AvgIpc) is 3.01. The number of nitrogens with zero attached hydrogens (tertiary/aromatic N) is 4. The Morgan fingerprint density at radius 2 is 2.04 bits per heavy atom. The second-order valence-electron chi connectivity index (χ2n) is 5.58. The number of rotatable bonds is 7. The maximum absolute atomic E-state index is 12.5. The molecule has 0 bridgehead atoms. The lowest BCUT2D eigenvalue weighted by Crippen LogP contribution is -2.35. The van der Waals surface area contributed by atoms with E-state index in [0.717, 1.165) is 0 Å². The molecule has 0 atom stereocenters. The predicted octanol–water partition coefficient (Wildman–Crippen LogP) is 1.06. The van der Waals surface area contributed by atoms with Gasteiger partial charge in [0, 0.05) is 26.4 Å². The van der Waals surface area contributed by atoms with Gasteiger partial charge in [-0.05, 0) is 6.07 Å². The zero-order valence-corrected chi connectivity index (χ0v) is 15.3. The lowest BCUT2D eigenvalue weighted by molar-refractivity contribution is -0.384. The van der Waals surface area contributed by atoms with Crippen LogP contribution in [-0.4, -0.2) is 59.2 Å². The third-order valence-corrected chi connectivity index (χ3v) is 3.62. The van der Waals surface area contributed by atoms with Crippen molar-refractivity contribution >= 4 is 23.2 Å². The molecule has 2 aromatic rings. The smallest absolute Gasteiger partial charge is 0.273 e. The summed E-state index contributed by atoms with van der Waals surface area (Å²) in [4.78, 5) is 36.2. The van der Waals surface area contributed by atoms with E-state index in [1.165, 1.54) is 55.2 Å². The molecule has 1 aromatic carbocycles. The fraction of sp³-hybridized carbons (Fsp3) is 0.312. The monoisotopic (exact) mass is 377 g/mol. The highest BCUT2D eigenvalue weighted by Crippen LogP contribution is 2.29. The first kappa shape index (κ1) is 19.7. The summed E-state index contributed by atoms with van der Waals surface area (Å²) >= 11 is 0. The van der Waals surface area contributed by atoms with Gasteiger partial charge in [0.2, 0.25) is 11.8 Å². The van der Waals surface area contributed by atoms with Gasteiger partial charge < -0.3 is 19.7 Å². The van der Waals surface area contributed by atoms with Gasteiger partial charge in [0.05, 0.1) is 37.4 Å². The second kappa shape index (κ2) is 8.17. The van der Waals surface area contributed by atoms with Crippen LogP contribution in [0, 0.1) is 10.1 Å². The molecule has 0 spiro atoms. The Hall–Kier alpha value is -3.63. The Bertz CT molecular complexity index is 878. The lowest BCUT2D eigenvalue weighted by atomic mass is 10.2. The molecule has 1 aromatic heterocycles. The molecule has 0 aliphatic heterocycles. The van der Waals surface area contributed by atoms with E-state index in [0.29, 0.717) is 0 Å². The minimum absolute atomic E-state index is 0.139. The van der Waals surface area contributed by atoms with E-state index >= 15 is 0 Å². The van der Waals surface area contributed by atoms with Crippen LogP contribution < -0.4 is 14.8 Å². The molecule has 1 N–H and O–H groups in total. The van der Waals surface area contributed by atoms with Gasteiger partial charge in [0.25, 0.3) is 11.6 Å². The van der Waals surface area contributed by atoms with E-state index < -0.39 is 16.7 Å². The molecule has 2 amide bonds. The van der Waals surface area contributed by atoms with E-state index in [4.69, 9.17) is 9.47 Å². The number of methoxy groups -OCH3 is 2. The molecule has 0 aliphatic carbocycles. The van der Waals surface area contributed by atoms with Crippen molar-refractivity contribution in [3.63, 3.8) is 0 Å². The summed E-state index contributed by atoms with van der Waals surface area (Å²) in [6, 6.07) is 3.80. The minimum atomic E-state index is -0.568. The molecule has 2 rings (SSSR count). The first-order chi connectivity index (χ1) is 12.8. The third-order valence-electron chi connectivity index (χ3n) is 3.62. The molecule has 0 fully saturated rings. The van der Waals surface area contributed by atoms with Gasteiger partial charge in [-0.3, -0.25) is 24.4 Å². The number of nitrogens with one attached hydrogen (secondary N) is 1. The van der Waals surface area contributed by atoms with Crippen molar-refractivity contribution in [1.82, 2.24) is 14.7 Å². The summed E-state index contributed by atoms with van der Waals surface area (Å²) in [5.74, 6) is -0.640. The molecule has 0 saturated heterocycles. The van der Waals surface area contributed by atoms with Crippen LogP contribution in [0.2, 0.25) is 0 Å². The number of nitro benzene ring substituents is 1. The molecule has 27 heavy (non-hydrogen) atoms. The third kappa shape index (κ3) is 4.51. The normalized spacial score (nSPS) is 10.2. The van der Waals surface area contributed by atoms with Gasteiger partial charge in [-0.2, -0.15) is 0 Å². The summed E-state index contributed by atoms with van der Waals surface area (Å²) in [6.45, 7) is -0.253. The summed E-state index contributed by atoms with van der Waals surface area (Å²) in [6.07, 6.45) is 1.49. The number of aromatic nitrogens is 2. The maximum atomic E-state index is 12.5. The number of aryl methyl sites for hydroxylation is 1. The van der Waals surface area contributed by atoms with Gasteiger partial charge in [-0.1, -0.05) is 0 Å². The number of nitro groups is 1. The summed E-state index contributed by atoms with van der Waals surface area (Å²) < 4.78 is 11.5. The van der Waals surface area contributed by atoms with Crippen molar-refractivity contribution in [2.75, 3.05) is 33.1 Å². The molecule has 0 saturated carbocycles. The van der Waals surface area contributed by atoms with Gasteiger partial charge in [0.1, 0.15) is 11.3 Å². The minimum Gasteiger partial charge on any atom is -0.494 e. The van der Waals surface area contributed by atoms with Crippen LogP contribution in [0.4, 0.5) is 11.4 Å². The molecular formula is C16H19N5O6. The van der Waals surface area contributed by atoms with E-state index in [-0.39, 0.29) is 35.1 Å². The molecule has 0 unspecified atom stereocenters. The van der Waals surface area contributed by atoms with Crippen LogP contribution in [0.3, 0.4) is 0 Å². The number of carbonyl (C=O) groups excluding carboxylic acids is 2. The van der Waals surface area contributed by atoms with Crippen molar-refractivity contribution in [2.24, 2.45) is 7.05 Å². The van der Waals surface area contributed by atoms with Crippen LogP contribution in [-0.2, 0) is 11.8 Å². The largest absolute Gasteiger partial charge is 0.494 e. The number of non-ortho nitro benzene ring substituents is 1. The molecule has 0 aliphatic rings. The summed E-state index contributed by atoms with van der Waals surface area (Å²) in [5, 5.41) is 17.4. The van der Waals surface area contributed by atoms with Gasteiger partial charge in [-0.15, -0.1) is 5.10 Å².